The van der Waals surface area contributed by atoms with Crippen molar-refractivity contribution in [3.05, 3.63) is 41.8 Å². The van der Waals surface area contributed by atoms with E-state index in [0.717, 1.165) is 18.8 Å². The minimum absolute atomic E-state index is 0.0859. The number of benzene rings is 1. The Morgan fingerprint density at radius 3 is 2.62 bits per heavy atom. The summed E-state index contributed by atoms with van der Waals surface area (Å²) in [7, 11) is 0. The fourth-order valence-corrected chi connectivity index (χ4v) is 2.60. The first-order chi connectivity index (χ1) is 10.2. The molecule has 1 amide bonds. The van der Waals surface area contributed by atoms with Gasteiger partial charge in [0.15, 0.2) is 0 Å². The number of aromatic nitrogens is 1. The van der Waals surface area contributed by atoms with Gasteiger partial charge in [-0.1, -0.05) is 5.16 Å². The van der Waals surface area contributed by atoms with Crippen LogP contribution >= 0.6 is 0 Å². The van der Waals surface area contributed by atoms with Gasteiger partial charge in [-0.25, -0.2) is 0 Å². The second-order valence-electron chi connectivity index (χ2n) is 5.39. The summed E-state index contributed by atoms with van der Waals surface area (Å²) in [5, 5.41) is 6.70. The highest BCUT2D eigenvalue weighted by molar-refractivity contribution is 5.92. The van der Waals surface area contributed by atoms with E-state index in [9.17, 15) is 4.79 Å². The molecule has 1 aliphatic rings. The summed E-state index contributed by atoms with van der Waals surface area (Å²) in [6.45, 7) is 4.06. The molecule has 1 N–H and O–H groups in total. The molecule has 5 heteroatoms. The first-order valence-corrected chi connectivity index (χ1v) is 7.28. The molecule has 3 rings (SSSR count). The number of nitrogens with one attached hydrogen (secondary N) is 1. The summed E-state index contributed by atoms with van der Waals surface area (Å²) in [6.07, 6.45) is 2.75. The number of carbonyl (C=O) groups excluding carboxylic acids is 1. The van der Waals surface area contributed by atoms with Gasteiger partial charge in [0.25, 0.3) is 0 Å². The highest BCUT2D eigenvalue weighted by Gasteiger charge is 2.12. The van der Waals surface area contributed by atoms with Crippen molar-refractivity contribution in [1.29, 1.82) is 0 Å². The molecular formula is C16H19N3O2. The molecule has 1 aromatic carbocycles. The standard InChI is InChI=1S/C16H19N3O2/c1-12-10-14(18-21-12)11-16(20)17-13-4-6-15(7-5-13)19-8-2-3-9-19/h4-7,10H,2-3,8-9,11H2,1H3,(H,17,20). The van der Waals surface area contributed by atoms with Gasteiger partial charge in [0, 0.05) is 30.5 Å². The topological polar surface area (TPSA) is 58.4 Å². The molecule has 0 radical (unpaired) electrons. The van der Waals surface area contributed by atoms with Crippen molar-refractivity contribution in [2.75, 3.05) is 23.3 Å². The molecule has 1 saturated heterocycles. The number of hydrogen-bond donors (Lipinski definition) is 1. The predicted molar refractivity (Wildman–Crippen MR) is 81.5 cm³/mol. The summed E-state index contributed by atoms with van der Waals surface area (Å²) in [5.74, 6) is 0.630. The van der Waals surface area contributed by atoms with E-state index in [-0.39, 0.29) is 12.3 Å². The van der Waals surface area contributed by atoms with Gasteiger partial charge in [-0.15, -0.1) is 0 Å². The van der Waals surface area contributed by atoms with E-state index in [1.165, 1.54) is 18.5 Å². The fourth-order valence-electron chi connectivity index (χ4n) is 2.60. The third-order valence-electron chi connectivity index (χ3n) is 3.64. The molecule has 0 atom stereocenters. The molecule has 0 saturated carbocycles. The van der Waals surface area contributed by atoms with Crippen LogP contribution in [0.25, 0.3) is 0 Å². The maximum Gasteiger partial charge on any atom is 0.230 e. The van der Waals surface area contributed by atoms with E-state index >= 15 is 0 Å². The number of anilines is 2. The zero-order valence-corrected chi connectivity index (χ0v) is 12.1. The lowest BCUT2D eigenvalue weighted by Crippen LogP contribution is -2.18. The molecular weight excluding hydrogens is 266 g/mol. The Hall–Kier alpha value is -2.30. The van der Waals surface area contributed by atoms with Gasteiger partial charge in [-0.05, 0) is 44.0 Å². The molecule has 2 heterocycles. The number of amides is 1. The molecule has 0 spiro atoms. The summed E-state index contributed by atoms with van der Waals surface area (Å²) in [4.78, 5) is 14.3. The second kappa shape index (κ2) is 5.99. The second-order valence-corrected chi connectivity index (χ2v) is 5.39. The first kappa shape index (κ1) is 13.7. The van der Waals surface area contributed by atoms with Gasteiger partial charge in [0.05, 0.1) is 12.1 Å². The Balaban J connectivity index is 1.58. The Labute approximate surface area is 123 Å². The Morgan fingerprint density at radius 2 is 2.00 bits per heavy atom. The Morgan fingerprint density at radius 1 is 1.29 bits per heavy atom. The van der Waals surface area contributed by atoms with E-state index in [2.05, 4.69) is 27.5 Å². The Bertz CT molecular complexity index is 613. The number of carbonyl (C=O) groups is 1. The number of nitrogens with zero attached hydrogens (tertiary/aromatic N) is 2. The van der Waals surface area contributed by atoms with Gasteiger partial charge in [-0.3, -0.25) is 4.79 Å². The molecule has 1 aliphatic heterocycles. The van der Waals surface area contributed by atoms with Gasteiger partial charge in [0.2, 0.25) is 5.91 Å². The zero-order valence-electron chi connectivity index (χ0n) is 12.1. The van der Waals surface area contributed by atoms with Gasteiger partial charge < -0.3 is 14.7 Å². The molecule has 1 aromatic heterocycles. The van der Waals surface area contributed by atoms with E-state index in [1.807, 2.05) is 19.1 Å². The van der Waals surface area contributed by atoms with Crippen molar-refractivity contribution >= 4 is 17.3 Å². The average Bonchev–Trinajstić information content (AvgIpc) is 3.11. The largest absolute Gasteiger partial charge is 0.372 e. The monoisotopic (exact) mass is 285 g/mol. The van der Waals surface area contributed by atoms with E-state index in [1.54, 1.807) is 6.07 Å². The van der Waals surface area contributed by atoms with Crippen LogP contribution in [0, 0.1) is 6.92 Å². The van der Waals surface area contributed by atoms with Crippen LogP contribution in [0.4, 0.5) is 11.4 Å². The van der Waals surface area contributed by atoms with Crippen LogP contribution in [-0.2, 0) is 11.2 Å². The van der Waals surface area contributed by atoms with Crippen molar-refractivity contribution in [2.45, 2.75) is 26.2 Å². The molecule has 0 bridgehead atoms. The van der Waals surface area contributed by atoms with Crippen molar-refractivity contribution in [2.24, 2.45) is 0 Å². The lowest BCUT2D eigenvalue weighted by atomic mass is 10.2. The van der Waals surface area contributed by atoms with Crippen LogP contribution in [0.15, 0.2) is 34.9 Å². The Kier molecular flexibility index (Phi) is 3.90. The summed E-state index contributed by atoms with van der Waals surface area (Å²) >= 11 is 0. The molecule has 0 aliphatic carbocycles. The van der Waals surface area contributed by atoms with Gasteiger partial charge in [-0.2, -0.15) is 0 Å². The van der Waals surface area contributed by atoms with Crippen LogP contribution < -0.4 is 10.2 Å². The highest BCUT2D eigenvalue weighted by atomic mass is 16.5. The molecule has 2 aromatic rings. The summed E-state index contributed by atoms with van der Waals surface area (Å²) in [5.41, 5.74) is 2.68. The molecule has 5 nitrogen and oxygen atoms in total. The predicted octanol–water partition coefficient (Wildman–Crippen LogP) is 2.76. The molecule has 21 heavy (non-hydrogen) atoms. The lowest BCUT2D eigenvalue weighted by Gasteiger charge is -2.17. The minimum Gasteiger partial charge on any atom is -0.372 e. The molecule has 110 valence electrons. The third-order valence-corrected chi connectivity index (χ3v) is 3.64. The van der Waals surface area contributed by atoms with Crippen LogP contribution in [0.5, 0.6) is 0 Å². The first-order valence-electron chi connectivity index (χ1n) is 7.28. The normalized spacial score (nSPS) is 14.4. The van der Waals surface area contributed by atoms with E-state index in [0.29, 0.717) is 11.5 Å². The van der Waals surface area contributed by atoms with Crippen LogP contribution in [0.3, 0.4) is 0 Å². The fraction of sp³-hybridized carbons (Fsp3) is 0.375. The van der Waals surface area contributed by atoms with Gasteiger partial charge >= 0.3 is 0 Å². The van der Waals surface area contributed by atoms with Crippen LogP contribution in [0.1, 0.15) is 24.3 Å². The maximum atomic E-state index is 11.9. The minimum atomic E-state index is -0.0859. The summed E-state index contributed by atoms with van der Waals surface area (Å²) < 4.78 is 4.95. The highest BCUT2D eigenvalue weighted by Crippen LogP contribution is 2.22. The van der Waals surface area contributed by atoms with E-state index < -0.39 is 0 Å². The number of aryl methyl sites for hydroxylation is 1. The maximum absolute atomic E-state index is 11.9. The van der Waals surface area contributed by atoms with E-state index in [4.69, 9.17) is 4.52 Å². The lowest BCUT2D eigenvalue weighted by molar-refractivity contribution is -0.115. The number of hydrogen-bond acceptors (Lipinski definition) is 4. The average molecular weight is 285 g/mol. The molecule has 0 unspecified atom stereocenters. The van der Waals surface area contributed by atoms with Crippen LogP contribution in [0.2, 0.25) is 0 Å². The van der Waals surface area contributed by atoms with Crippen LogP contribution in [-0.4, -0.2) is 24.2 Å². The van der Waals surface area contributed by atoms with Crippen molar-refractivity contribution in [3.63, 3.8) is 0 Å². The van der Waals surface area contributed by atoms with Gasteiger partial charge in [0.1, 0.15) is 5.76 Å². The molecule has 1 fully saturated rings. The number of rotatable bonds is 4. The SMILES string of the molecule is Cc1cc(CC(=O)Nc2ccc(N3CCCC3)cc2)no1. The van der Waals surface area contributed by atoms with Crippen molar-refractivity contribution in [3.8, 4) is 0 Å². The smallest absolute Gasteiger partial charge is 0.230 e. The third kappa shape index (κ3) is 3.42. The summed E-state index contributed by atoms with van der Waals surface area (Å²) in [6, 6.07) is 9.78. The quantitative estimate of drug-likeness (QED) is 0.938. The van der Waals surface area contributed by atoms with Crippen molar-refractivity contribution in [1.82, 2.24) is 5.16 Å². The zero-order chi connectivity index (χ0) is 14.7. The van der Waals surface area contributed by atoms with Crippen molar-refractivity contribution < 1.29 is 9.32 Å².